The number of hydrogen-bond acceptors (Lipinski definition) is 3. The number of nitrogens with two attached hydrogens (primary N) is 1. The van der Waals surface area contributed by atoms with Crippen LogP contribution in [0.2, 0.25) is 0 Å². The lowest BCUT2D eigenvalue weighted by molar-refractivity contribution is 0.485. The van der Waals surface area contributed by atoms with Gasteiger partial charge in [-0.15, -0.1) is 0 Å². The summed E-state index contributed by atoms with van der Waals surface area (Å²) in [4.78, 5) is 6.43. The molecular weight excluding hydrogens is 448 g/mol. The second-order valence-corrected chi connectivity index (χ2v) is 8.22. The Kier molecular flexibility index (Phi) is 6.30. The summed E-state index contributed by atoms with van der Waals surface area (Å²) in [5.41, 5.74) is 5.30. The third-order valence-corrected chi connectivity index (χ3v) is 5.81. The van der Waals surface area contributed by atoms with Crippen LogP contribution < -0.4 is 10.5 Å². The first-order chi connectivity index (χ1) is 15.0. The van der Waals surface area contributed by atoms with Crippen molar-refractivity contribution in [3.63, 3.8) is 0 Å². The minimum Gasteiger partial charge on any atom is -0.368 e. The number of anilines is 1. The van der Waals surface area contributed by atoms with Gasteiger partial charge in [0.15, 0.2) is 17.5 Å². The number of nitrogens with one attached hydrogen (secondary N) is 1. The van der Waals surface area contributed by atoms with E-state index in [0.29, 0.717) is 11.3 Å². The van der Waals surface area contributed by atoms with Crippen LogP contribution in [0.1, 0.15) is 5.56 Å². The molecule has 0 saturated heterocycles. The van der Waals surface area contributed by atoms with Crippen molar-refractivity contribution in [2.24, 2.45) is 15.7 Å². The lowest BCUT2D eigenvalue weighted by Crippen LogP contribution is -2.16. The van der Waals surface area contributed by atoms with Crippen molar-refractivity contribution >= 4 is 34.1 Å². The van der Waals surface area contributed by atoms with E-state index in [0.717, 1.165) is 30.3 Å². The molecule has 6 nitrogen and oxygen atoms in total. The number of guanidine groups is 1. The number of benzene rings is 3. The molecule has 0 atom stereocenters. The molecule has 0 aliphatic carbocycles. The van der Waals surface area contributed by atoms with Crippen LogP contribution in [0, 0.1) is 30.2 Å². The van der Waals surface area contributed by atoms with Crippen LogP contribution in [0.15, 0.2) is 63.4 Å². The Hall–Kier alpha value is -3.73. The van der Waals surface area contributed by atoms with Crippen LogP contribution in [0.3, 0.4) is 0 Å². The molecule has 32 heavy (non-hydrogen) atoms. The fourth-order valence-electron chi connectivity index (χ4n) is 2.88. The van der Waals surface area contributed by atoms with Gasteiger partial charge in [0.1, 0.15) is 10.7 Å². The van der Waals surface area contributed by atoms with Gasteiger partial charge >= 0.3 is 0 Å². The molecule has 0 heterocycles. The third kappa shape index (κ3) is 4.47. The monoisotopic (exact) mass is 464 g/mol. The SMILES string of the molecule is C=N/C(N)=N\c1ccc(-c2c(F)ccc(NS(=O)(=O)c3cccc(F)c3F)c2F)cc1C. The van der Waals surface area contributed by atoms with E-state index in [1.807, 2.05) is 4.72 Å². The lowest BCUT2D eigenvalue weighted by atomic mass is 10.0. The number of aryl methyl sites for hydroxylation is 1. The smallest absolute Gasteiger partial charge is 0.265 e. The van der Waals surface area contributed by atoms with Crippen LogP contribution in [-0.4, -0.2) is 21.1 Å². The Morgan fingerprint density at radius 3 is 2.38 bits per heavy atom. The molecule has 11 heteroatoms. The topological polar surface area (TPSA) is 96.9 Å². The van der Waals surface area contributed by atoms with Crippen molar-refractivity contribution in [3.8, 4) is 11.1 Å². The Bertz CT molecular complexity index is 1360. The standard InChI is InChI=1S/C21H16F4N4O2S/c1-11-10-12(6-8-15(11)28-21(26)27-2)18-13(22)7-9-16(20(18)25)29-32(30,31)17-5-3-4-14(23)19(17)24/h3-10,29H,2H2,1H3,(H2,26,28). The summed E-state index contributed by atoms with van der Waals surface area (Å²) in [6.07, 6.45) is 0. The molecule has 0 radical (unpaired) electrons. The molecule has 3 N–H and O–H groups in total. The van der Waals surface area contributed by atoms with Crippen molar-refractivity contribution in [1.82, 2.24) is 0 Å². The maximum atomic E-state index is 15.1. The second-order valence-electron chi connectivity index (χ2n) is 6.57. The van der Waals surface area contributed by atoms with Crippen LogP contribution in [0.4, 0.5) is 28.9 Å². The fourth-order valence-corrected chi connectivity index (χ4v) is 4.03. The summed E-state index contributed by atoms with van der Waals surface area (Å²) in [5.74, 6) is -5.32. The summed E-state index contributed by atoms with van der Waals surface area (Å²) in [6.45, 7) is 4.86. The summed E-state index contributed by atoms with van der Waals surface area (Å²) in [6, 6.07) is 8.44. The van der Waals surface area contributed by atoms with E-state index in [1.54, 1.807) is 6.92 Å². The molecule has 0 amide bonds. The summed E-state index contributed by atoms with van der Waals surface area (Å²) in [7, 11) is -4.71. The number of hydrogen-bond donors (Lipinski definition) is 2. The van der Waals surface area contributed by atoms with E-state index in [9.17, 15) is 21.6 Å². The number of rotatable bonds is 5. The van der Waals surface area contributed by atoms with Crippen LogP contribution >= 0.6 is 0 Å². The molecule has 0 aromatic heterocycles. The zero-order valence-electron chi connectivity index (χ0n) is 16.5. The third-order valence-electron chi connectivity index (χ3n) is 4.42. The molecule has 0 fully saturated rings. The Balaban J connectivity index is 2.06. The molecule has 0 aliphatic rings. The van der Waals surface area contributed by atoms with Crippen molar-refractivity contribution in [3.05, 3.63) is 77.4 Å². The Morgan fingerprint density at radius 1 is 1.00 bits per heavy atom. The highest BCUT2D eigenvalue weighted by molar-refractivity contribution is 7.92. The molecule has 0 saturated carbocycles. The molecule has 166 valence electrons. The molecule has 3 aromatic carbocycles. The summed E-state index contributed by atoms with van der Waals surface area (Å²) < 4.78 is 83.8. The summed E-state index contributed by atoms with van der Waals surface area (Å²) in [5, 5.41) is 0. The highest BCUT2D eigenvalue weighted by atomic mass is 32.2. The number of nitrogens with zero attached hydrogens (tertiary/aromatic N) is 2. The van der Waals surface area contributed by atoms with Gasteiger partial charge in [0.25, 0.3) is 10.0 Å². The van der Waals surface area contributed by atoms with E-state index in [2.05, 4.69) is 16.7 Å². The van der Waals surface area contributed by atoms with Gasteiger partial charge in [0.05, 0.1) is 16.9 Å². The van der Waals surface area contributed by atoms with Gasteiger partial charge in [-0.25, -0.2) is 36.0 Å². The quantitative estimate of drug-likeness (QED) is 0.326. The first-order valence-corrected chi connectivity index (χ1v) is 10.4. The maximum absolute atomic E-state index is 15.1. The predicted molar refractivity (Wildman–Crippen MR) is 115 cm³/mol. The van der Waals surface area contributed by atoms with E-state index in [4.69, 9.17) is 5.73 Å². The zero-order chi connectivity index (χ0) is 23.6. The van der Waals surface area contributed by atoms with Crippen LogP contribution in [0.25, 0.3) is 11.1 Å². The van der Waals surface area contributed by atoms with Gasteiger partial charge in [-0.05, 0) is 61.2 Å². The molecule has 0 aliphatic heterocycles. The van der Waals surface area contributed by atoms with E-state index in [-0.39, 0.29) is 11.5 Å². The van der Waals surface area contributed by atoms with Gasteiger partial charge < -0.3 is 5.73 Å². The average Bonchev–Trinajstić information content (AvgIpc) is 2.73. The van der Waals surface area contributed by atoms with Crippen molar-refractivity contribution in [2.75, 3.05) is 4.72 Å². The van der Waals surface area contributed by atoms with Gasteiger partial charge in [0, 0.05) is 0 Å². The molecule has 0 bridgehead atoms. The van der Waals surface area contributed by atoms with Crippen molar-refractivity contribution < 1.29 is 26.0 Å². The number of aliphatic imine (C=N–C) groups is 2. The molecule has 3 aromatic rings. The van der Waals surface area contributed by atoms with E-state index in [1.165, 1.54) is 18.2 Å². The maximum Gasteiger partial charge on any atom is 0.265 e. The molecule has 0 unspecified atom stereocenters. The zero-order valence-corrected chi connectivity index (χ0v) is 17.4. The Labute approximate surface area is 181 Å². The van der Waals surface area contributed by atoms with Crippen LogP contribution in [0.5, 0.6) is 0 Å². The Morgan fingerprint density at radius 2 is 1.72 bits per heavy atom. The van der Waals surface area contributed by atoms with E-state index >= 15 is 4.39 Å². The molecule has 3 rings (SSSR count). The van der Waals surface area contributed by atoms with Gasteiger partial charge in [-0.1, -0.05) is 12.1 Å². The first-order valence-electron chi connectivity index (χ1n) is 8.92. The minimum atomic E-state index is -4.71. The highest BCUT2D eigenvalue weighted by Crippen LogP contribution is 2.34. The molecular formula is C21H16F4N4O2S. The number of sulfonamides is 1. The fraction of sp³-hybridized carbons (Fsp3) is 0.0476. The van der Waals surface area contributed by atoms with Crippen molar-refractivity contribution in [2.45, 2.75) is 11.8 Å². The lowest BCUT2D eigenvalue weighted by Gasteiger charge is -2.14. The van der Waals surface area contributed by atoms with Crippen LogP contribution in [-0.2, 0) is 10.0 Å². The normalized spacial score (nSPS) is 12.0. The largest absolute Gasteiger partial charge is 0.368 e. The molecule has 0 spiro atoms. The minimum absolute atomic E-state index is 0.0829. The second kappa shape index (κ2) is 8.79. The van der Waals surface area contributed by atoms with E-state index < -0.39 is 49.4 Å². The predicted octanol–water partition coefficient (Wildman–Crippen LogP) is 4.67. The average molecular weight is 464 g/mol. The van der Waals surface area contributed by atoms with Gasteiger partial charge in [-0.3, -0.25) is 4.72 Å². The van der Waals surface area contributed by atoms with Gasteiger partial charge in [-0.2, -0.15) is 0 Å². The van der Waals surface area contributed by atoms with Crippen molar-refractivity contribution in [1.29, 1.82) is 0 Å². The summed E-state index contributed by atoms with van der Waals surface area (Å²) >= 11 is 0. The van der Waals surface area contributed by atoms with Gasteiger partial charge in [0.2, 0.25) is 5.96 Å². The highest BCUT2D eigenvalue weighted by Gasteiger charge is 2.25. The first kappa shape index (κ1) is 22.9. The number of halogens is 4.